The first-order chi connectivity index (χ1) is 3.29. The monoisotopic (exact) mass is 99.0 g/mol. The highest BCUT2D eigenvalue weighted by atomic mass is 16.5. The van der Waals surface area contributed by atoms with Crippen molar-refractivity contribution in [2.45, 2.75) is 0 Å². The van der Waals surface area contributed by atoms with Gasteiger partial charge in [-0.1, -0.05) is 0 Å². The summed E-state index contributed by atoms with van der Waals surface area (Å²) in [6.45, 7) is 0. The van der Waals surface area contributed by atoms with Crippen molar-refractivity contribution in [1.82, 2.24) is 15.9 Å². The van der Waals surface area contributed by atoms with Crippen LogP contribution in [-0.4, -0.2) is 10.1 Å². The maximum atomic E-state index is 6.62. The van der Waals surface area contributed by atoms with E-state index in [2.05, 4.69) is 14.7 Å². The highest BCUT2D eigenvalue weighted by molar-refractivity contribution is 5.16. The van der Waals surface area contributed by atoms with E-state index in [0.717, 1.165) is 0 Å². The van der Waals surface area contributed by atoms with Crippen molar-refractivity contribution in [2.75, 3.05) is 5.73 Å². The van der Waals surface area contributed by atoms with E-state index < -0.39 is 0 Å². The molecule has 0 atom stereocenters. The number of rotatable bonds is 0. The first kappa shape index (κ1) is 3.91. The van der Waals surface area contributed by atoms with E-state index in [1.807, 2.05) is 0 Å². The Balaban J connectivity index is 3.04. The highest BCUT2D eigenvalue weighted by Gasteiger charge is 1.92. The number of nitrogen functional groups attached to an aromatic ring is 1. The first-order valence-electron chi connectivity index (χ1n) is 1.60. The van der Waals surface area contributed by atoms with Gasteiger partial charge in [0, 0.05) is 0 Å². The molecule has 0 aromatic carbocycles. The second-order valence-electron chi connectivity index (χ2n) is 0.956. The highest BCUT2D eigenvalue weighted by Crippen LogP contribution is 1.97. The van der Waals surface area contributed by atoms with Crippen LogP contribution in [0.5, 0.6) is 0 Å². The van der Waals surface area contributed by atoms with Gasteiger partial charge in [0.05, 0.1) is 0 Å². The topological polar surface area (TPSA) is 88.7 Å². The molecule has 1 radical (unpaired) electrons. The van der Waals surface area contributed by atoms with E-state index in [4.69, 9.17) is 11.5 Å². The largest absolute Gasteiger partial charge is 0.351 e. The molecule has 5 heteroatoms. The predicted octanol–water partition coefficient (Wildman–Crippen LogP) is -0.434. The molecule has 1 aromatic heterocycles. The smallest absolute Gasteiger partial charge is 0.320 e. The number of nitrogens with zero attached hydrogens (tertiary/aromatic N) is 2. The Morgan fingerprint density at radius 2 is 2.43 bits per heavy atom. The molecular formula is C2H3N4O. The molecule has 0 bridgehead atoms. The summed E-state index contributed by atoms with van der Waals surface area (Å²) < 4.78 is 4.19. The van der Waals surface area contributed by atoms with E-state index in [9.17, 15) is 0 Å². The lowest BCUT2D eigenvalue weighted by Gasteiger charge is -1.65. The van der Waals surface area contributed by atoms with Gasteiger partial charge >= 0.3 is 6.01 Å². The van der Waals surface area contributed by atoms with Crippen molar-refractivity contribution in [2.24, 2.45) is 0 Å². The fourth-order valence-electron chi connectivity index (χ4n) is 0.235. The van der Waals surface area contributed by atoms with Crippen LogP contribution < -0.4 is 11.5 Å². The summed E-state index contributed by atoms with van der Waals surface area (Å²) in [5, 5.41) is 3.07. The molecule has 37 valence electrons. The average Bonchev–Trinajstić information content (AvgIpc) is 1.87. The minimum Gasteiger partial charge on any atom is -0.351 e. The summed E-state index contributed by atoms with van der Waals surface area (Å²) in [5.41, 5.74) is 11.5. The lowest BCUT2D eigenvalue weighted by Crippen LogP contribution is -1.80. The zero-order chi connectivity index (χ0) is 5.28. The van der Waals surface area contributed by atoms with Crippen LogP contribution in [0.4, 0.5) is 12.0 Å². The fraction of sp³-hybridized carbons (Fsp3) is 0. The van der Waals surface area contributed by atoms with Crippen LogP contribution in [0.3, 0.4) is 0 Å². The van der Waals surface area contributed by atoms with Gasteiger partial charge in [-0.2, -0.15) is 4.98 Å². The van der Waals surface area contributed by atoms with Gasteiger partial charge < -0.3 is 10.3 Å². The van der Waals surface area contributed by atoms with E-state index in [1.165, 1.54) is 0 Å². The Morgan fingerprint density at radius 3 is 2.57 bits per heavy atom. The Morgan fingerprint density at radius 1 is 1.71 bits per heavy atom. The molecule has 1 aromatic rings. The van der Waals surface area contributed by atoms with Gasteiger partial charge in [-0.3, -0.25) is 5.73 Å². The van der Waals surface area contributed by atoms with Crippen LogP contribution in [0.2, 0.25) is 0 Å². The van der Waals surface area contributed by atoms with Gasteiger partial charge in [-0.05, 0) is 5.16 Å². The van der Waals surface area contributed by atoms with Crippen molar-refractivity contribution in [1.29, 1.82) is 0 Å². The summed E-state index contributed by atoms with van der Waals surface area (Å²) in [6, 6.07) is -0.0648. The lowest BCUT2D eigenvalue weighted by atomic mass is 11.1. The van der Waals surface area contributed by atoms with E-state index in [1.54, 1.807) is 0 Å². The zero-order valence-electron chi connectivity index (χ0n) is 3.38. The van der Waals surface area contributed by atoms with E-state index >= 15 is 0 Å². The van der Waals surface area contributed by atoms with Crippen molar-refractivity contribution in [3.8, 4) is 0 Å². The molecule has 7 heavy (non-hydrogen) atoms. The maximum absolute atomic E-state index is 6.62. The minimum absolute atomic E-state index is 0.0648. The molecule has 0 aliphatic carbocycles. The molecule has 1 heterocycles. The summed E-state index contributed by atoms with van der Waals surface area (Å²) >= 11 is 0. The van der Waals surface area contributed by atoms with E-state index in [0.29, 0.717) is 0 Å². The molecule has 0 amide bonds. The third kappa shape index (κ3) is 0.594. The van der Waals surface area contributed by atoms with E-state index in [-0.39, 0.29) is 12.0 Å². The van der Waals surface area contributed by atoms with Crippen LogP contribution in [0, 0.1) is 0 Å². The summed E-state index contributed by atoms with van der Waals surface area (Å²) in [6.07, 6.45) is 0. The lowest BCUT2D eigenvalue weighted by molar-refractivity contribution is 0.436. The standard InChI is InChI=1S/C2H3N4O/c3-1-5-2(4)7-6-1/h3H,(H2,4,5,6). The maximum Gasteiger partial charge on any atom is 0.320 e. The van der Waals surface area contributed by atoms with Crippen LogP contribution in [-0.2, 0) is 0 Å². The van der Waals surface area contributed by atoms with Crippen LogP contribution in [0.15, 0.2) is 4.52 Å². The van der Waals surface area contributed by atoms with Gasteiger partial charge in [0.1, 0.15) is 0 Å². The van der Waals surface area contributed by atoms with Gasteiger partial charge in [-0.15, -0.1) is 0 Å². The fourth-order valence-corrected chi connectivity index (χ4v) is 0.235. The van der Waals surface area contributed by atoms with Crippen molar-refractivity contribution in [3.05, 3.63) is 0 Å². The molecule has 5 nitrogen and oxygen atoms in total. The number of anilines is 1. The molecule has 0 saturated carbocycles. The third-order valence-corrected chi connectivity index (χ3v) is 0.442. The second kappa shape index (κ2) is 1.11. The normalized spacial score (nSPS) is 9.14. The van der Waals surface area contributed by atoms with Crippen LogP contribution >= 0.6 is 0 Å². The molecule has 0 unspecified atom stereocenters. The summed E-state index contributed by atoms with van der Waals surface area (Å²) in [5.74, 6) is -0.183. The van der Waals surface area contributed by atoms with Gasteiger partial charge in [-0.25, -0.2) is 0 Å². The quantitative estimate of drug-likeness (QED) is 0.477. The number of hydrogen-bond donors (Lipinski definition) is 1. The molecular weight excluding hydrogens is 96.0 g/mol. The molecule has 0 spiro atoms. The van der Waals surface area contributed by atoms with Gasteiger partial charge in [0.25, 0.3) is 5.95 Å². The summed E-state index contributed by atoms with van der Waals surface area (Å²) in [4.78, 5) is 3.28. The molecule has 1 rings (SSSR count). The number of nitrogens with one attached hydrogen (secondary N) is 1. The first-order valence-corrected chi connectivity index (χ1v) is 1.60. The third-order valence-electron chi connectivity index (χ3n) is 0.442. The van der Waals surface area contributed by atoms with Gasteiger partial charge in [0.15, 0.2) is 0 Å². The number of nitrogens with two attached hydrogens (primary N) is 1. The SMILES string of the molecule is [NH]c1noc(N)n1. The summed E-state index contributed by atoms with van der Waals surface area (Å²) in [7, 11) is 0. The molecule has 0 aliphatic heterocycles. The second-order valence-corrected chi connectivity index (χ2v) is 0.956. The van der Waals surface area contributed by atoms with Crippen molar-refractivity contribution in [3.63, 3.8) is 0 Å². The predicted molar refractivity (Wildman–Crippen MR) is 21.5 cm³/mol. The number of hydrogen-bond acceptors (Lipinski definition) is 4. The molecule has 3 N–H and O–H groups in total. The van der Waals surface area contributed by atoms with Crippen molar-refractivity contribution < 1.29 is 4.52 Å². The minimum atomic E-state index is -0.183. The van der Waals surface area contributed by atoms with Crippen LogP contribution in [0.1, 0.15) is 0 Å². The van der Waals surface area contributed by atoms with Crippen molar-refractivity contribution >= 4 is 12.0 Å². The molecule has 0 fully saturated rings. The Bertz CT molecular complexity index is 142. The molecule has 0 saturated heterocycles. The Hall–Kier alpha value is -1.26. The zero-order valence-corrected chi connectivity index (χ0v) is 3.38. The van der Waals surface area contributed by atoms with Crippen LogP contribution in [0.25, 0.3) is 0 Å². The average molecular weight is 99.1 g/mol. The molecule has 0 aliphatic rings. The van der Waals surface area contributed by atoms with Gasteiger partial charge in [0.2, 0.25) is 0 Å². The number of aromatic nitrogens is 2. The Kier molecular flexibility index (Phi) is 0.619. The Labute approximate surface area is 39.3 Å².